The number of fused-ring (bicyclic) bond motifs is 7. The molecule has 0 spiro atoms. The standard InChI is InChI=1S/C59H37N3S/c1-4-14-40(15-5-1)51-37-52(62-59(61-51)42-18-8-3-9-19-42)47-23-13-22-45(35-47)44-21-12-20-43(34-44)38-26-28-39(29-27-38)46-30-31-48-53(36-46)60-58(41-16-6-2-7-17-41)50-32-33-55-57(56(48)50)49-24-10-11-25-54(49)63-55/h1-37H. The first-order valence-electron chi connectivity index (χ1n) is 21.2. The fourth-order valence-electron chi connectivity index (χ4n) is 8.97. The molecule has 0 aliphatic rings. The molecule has 0 bridgehead atoms. The van der Waals surface area contributed by atoms with Gasteiger partial charge in [-0.3, -0.25) is 0 Å². The average molecular weight is 820 g/mol. The highest BCUT2D eigenvalue weighted by molar-refractivity contribution is 7.26. The smallest absolute Gasteiger partial charge is 0.160 e. The van der Waals surface area contributed by atoms with Gasteiger partial charge in [-0.15, -0.1) is 11.3 Å². The van der Waals surface area contributed by atoms with Gasteiger partial charge in [-0.05, 0) is 69.8 Å². The molecule has 9 aromatic carbocycles. The van der Waals surface area contributed by atoms with Gasteiger partial charge in [0.05, 0.1) is 22.6 Å². The normalized spacial score (nSPS) is 11.5. The lowest BCUT2D eigenvalue weighted by atomic mass is 9.94. The van der Waals surface area contributed by atoms with Gasteiger partial charge in [0.1, 0.15) is 0 Å². The van der Waals surface area contributed by atoms with Gasteiger partial charge in [-0.1, -0.05) is 188 Å². The Morgan fingerprint density at radius 2 is 0.778 bits per heavy atom. The molecule has 4 heteroatoms. The molecule has 0 radical (unpaired) electrons. The van der Waals surface area contributed by atoms with Crippen LogP contribution in [0.3, 0.4) is 0 Å². The summed E-state index contributed by atoms with van der Waals surface area (Å²) in [4.78, 5) is 15.5. The van der Waals surface area contributed by atoms with Crippen LogP contribution >= 0.6 is 11.3 Å². The number of hydrogen-bond acceptors (Lipinski definition) is 4. The number of benzene rings is 9. The van der Waals surface area contributed by atoms with Gasteiger partial charge in [0.2, 0.25) is 0 Å². The van der Waals surface area contributed by atoms with Crippen molar-refractivity contribution in [2.24, 2.45) is 0 Å². The topological polar surface area (TPSA) is 38.7 Å². The molecule has 63 heavy (non-hydrogen) atoms. The highest BCUT2D eigenvalue weighted by Crippen LogP contribution is 2.44. The molecule has 0 saturated carbocycles. The summed E-state index contributed by atoms with van der Waals surface area (Å²) in [6.07, 6.45) is 0. The summed E-state index contributed by atoms with van der Waals surface area (Å²) in [7, 11) is 0. The second-order valence-electron chi connectivity index (χ2n) is 16.0. The van der Waals surface area contributed by atoms with E-state index in [0.717, 1.165) is 78.2 Å². The Hall–Kier alpha value is -8.05. The van der Waals surface area contributed by atoms with E-state index in [1.165, 1.54) is 36.3 Å². The predicted octanol–water partition coefficient (Wildman–Crippen LogP) is 16.2. The molecule has 0 aliphatic heterocycles. The lowest BCUT2D eigenvalue weighted by molar-refractivity contribution is 1.18. The maximum atomic E-state index is 5.39. The van der Waals surface area contributed by atoms with Crippen molar-refractivity contribution in [1.82, 2.24) is 15.0 Å². The maximum absolute atomic E-state index is 5.39. The third kappa shape index (κ3) is 6.74. The lowest BCUT2D eigenvalue weighted by Crippen LogP contribution is -1.96. The Morgan fingerprint density at radius 3 is 1.48 bits per heavy atom. The van der Waals surface area contributed by atoms with Crippen molar-refractivity contribution < 1.29 is 0 Å². The van der Waals surface area contributed by atoms with Crippen LogP contribution in [0.1, 0.15) is 0 Å². The quantitative estimate of drug-likeness (QED) is 0.150. The molecule has 3 heterocycles. The molecule has 0 N–H and O–H groups in total. The second-order valence-corrected chi connectivity index (χ2v) is 17.0. The van der Waals surface area contributed by atoms with Crippen LogP contribution in [0.5, 0.6) is 0 Å². The van der Waals surface area contributed by atoms with Gasteiger partial charge < -0.3 is 0 Å². The van der Waals surface area contributed by atoms with Crippen LogP contribution in [0.2, 0.25) is 0 Å². The molecule has 0 amide bonds. The molecular formula is C59H37N3S. The summed E-state index contributed by atoms with van der Waals surface area (Å²) in [6.45, 7) is 0. The van der Waals surface area contributed by atoms with Gasteiger partial charge in [0.25, 0.3) is 0 Å². The van der Waals surface area contributed by atoms with Gasteiger partial charge >= 0.3 is 0 Å². The van der Waals surface area contributed by atoms with Crippen LogP contribution in [0.25, 0.3) is 120 Å². The van der Waals surface area contributed by atoms with Crippen LogP contribution in [0, 0.1) is 0 Å². The SMILES string of the molecule is c1ccc(-c2cc(-c3cccc(-c4cccc(-c5ccc(-c6ccc7c(c6)nc(-c6ccccc6)c6ccc8sc9ccccc9c8c67)cc5)c4)c3)nc(-c3ccccc3)n2)cc1. The van der Waals surface area contributed by atoms with Crippen molar-refractivity contribution in [1.29, 1.82) is 0 Å². The minimum Gasteiger partial charge on any atom is -0.247 e. The highest BCUT2D eigenvalue weighted by atomic mass is 32.1. The lowest BCUT2D eigenvalue weighted by Gasteiger charge is -2.13. The minimum atomic E-state index is 0.710. The summed E-state index contributed by atoms with van der Waals surface area (Å²) in [5.74, 6) is 0.710. The molecular weight excluding hydrogens is 783 g/mol. The van der Waals surface area contributed by atoms with Crippen LogP contribution in [0.4, 0.5) is 0 Å². The third-order valence-corrected chi connectivity index (χ3v) is 13.2. The molecule has 0 saturated heterocycles. The summed E-state index contributed by atoms with van der Waals surface area (Å²) < 4.78 is 2.60. The largest absolute Gasteiger partial charge is 0.247 e. The summed E-state index contributed by atoms with van der Waals surface area (Å²) in [5.41, 5.74) is 14.9. The van der Waals surface area contributed by atoms with E-state index in [2.05, 4.69) is 188 Å². The Balaban J connectivity index is 0.895. The van der Waals surface area contributed by atoms with Crippen molar-refractivity contribution in [2.45, 2.75) is 0 Å². The fourth-order valence-corrected chi connectivity index (χ4v) is 10.1. The van der Waals surface area contributed by atoms with E-state index in [9.17, 15) is 0 Å². The third-order valence-electron chi connectivity index (χ3n) is 12.1. The van der Waals surface area contributed by atoms with Crippen molar-refractivity contribution >= 4 is 53.2 Å². The number of nitrogens with zero attached hydrogens (tertiary/aromatic N) is 3. The zero-order chi connectivity index (χ0) is 41.7. The summed E-state index contributed by atoms with van der Waals surface area (Å²) in [6, 6.07) is 79.7. The second kappa shape index (κ2) is 15.4. The van der Waals surface area contributed by atoms with E-state index in [0.29, 0.717) is 5.82 Å². The Labute approximate surface area is 369 Å². The molecule has 0 unspecified atom stereocenters. The van der Waals surface area contributed by atoms with Crippen LogP contribution < -0.4 is 0 Å². The number of thiophene rings is 1. The van der Waals surface area contributed by atoms with Gasteiger partial charge in [-0.25, -0.2) is 15.0 Å². The molecule has 12 aromatic rings. The van der Waals surface area contributed by atoms with Crippen molar-refractivity contribution in [3.8, 4) is 78.5 Å². The molecule has 294 valence electrons. The Morgan fingerprint density at radius 1 is 0.270 bits per heavy atom. The van der Waals surface area contributed by atoms with Gasteiger partial charge in [0.15, 0.2) is 5.82 Å². The fraction of sp³-hybridized carbons (Fsp3) is 0. The van der Waals surface area contributed by atoms with Gasteiger partial charge in [0, 0.05) is 58.6 Å². The molecule has 0 aliphatic carbocycles. The average Bonchev–Trinajstić information content (AvgIpc) is 3.76. The van der Waals surface area contributed by atoms with E-state index in [1.807, 2.05) is 47.7 Å². The van der Waals surface area contributed by atoms with Crippen LogP contribution in [0.15, 0.2) is 224 Å². The first kappa shape index (κ1) is 36.8. The Kier molecular flexibility index (Phi) is 9.02. The monoisotopic (exact) mass is 819 g/mol. The van der Waals surface area contributed by atoms with E-state index >= 15 is 0 Å². The van der Waals surface area contributed by atoms with Crippen LogP contribution in [-0.4, -0.2) is 15.0 Å². The first-order valence-corrected chi connectivity index (χ1v) is 22.1. The van der Waals surface area contributed by atoms with E-state index in [1.54, 1.807) is 0 Å². The number of rotatable bonds is 7. The predicted molar refractivity (Wildman–Crippen MR) is 266 cm³/mol. The zero-order valence-corrected chi connectivity index (χ0v) is 34.9. The Bertz CT molecular complexity index is 3600. The van der Waals surface area contributed by atoms with Crippen molar-refractivity contribution in [3.05, 3.63) is 224 Å². The van der Waals surface area contributed by atoms with E-state index < -0.39 is 0 Å². The summed E-state index contributed by atoms with van der Waals surface area (Å²) in [5, 5.41) is 6.23. The van der Waals surface area contributed by atoms with E-state index in [4.69, 9.17) is 15.0 Å². The molecule has 3 aromatic heterocycles. The van der Waals surface area contributed by atoms with Crippen molar-refractivity contribution in [2.75, 3.05) is 0 Å². The number of hydrogen-bond donors (Lipinski definition) is 0. The molecule has 0 atom stereocenters. The minimum absolute atomic E-state index is 0.710. The molecule has 3 nitrogen and oxygen atoms in total. The van der Waals surface area contributed by atoms with Crippen molar-refractivity contribution in [3.63, 3.8) is 0 Å². The van der Waals surface area contributed by atoms with E-state index in [-0.39, 0.29) is 0 Å². The zero-order valence-electron chi connectivity index (χ0n) is 34.1. The summed E-state index contributed by atoms with van der Waals surface area (Å²) >= 11 is 1.86. The van der Waals surface area contributed by atoms with Crippen LogP contribution in [-0.2, 0) is 0 Å². The number of pyridine rings is 1. The first-order chi connectivity index (χ1) is 31.2. The molecule has 0 fully saturated rings. The van der Waals surface area contributed by atoms with Gasteiger partial charge in [-0.2, -0.15) is 0 Å². The maximum Gasteiger partial charge on any atom is 0.160 e. The molecule has 12 rings (SSSR count). The number of aromatic nitrogens is 3. The highest BCUT2D eigenvalue weighted by Gasteiger charge is 2.17.